The van der Waals surface area contributed by atoms with Gasteiger partial charge in [0.2, 0.25) is 6.29 Å². The lowest BCUT2D eigenvalue weighted by molar-refractivity contribution is -0.149. The summed E-state index contributed by atoms with van der Waals surface area (Å²) in [5.74, 6) is -2.51. The number of esters is 1. The zero-order valence-corrected chi connectivity index (χ0v) is 21.8. The number of phenolic OH excluding ortho intramolecular Hbond substituents is 5. The summed E-state index contributed by atoms with van der Waals surface area (Å²) >= 11 is 0. The van der Waals surface area contributed by atoms with Crippen LogP contribution in [-0.4, -0.2) is 84.1 Å². The minimum absolute atomic E-state index is 0.0144. The van der Waals surface area contributed by atoms with Gasteiger partial charge >= 0.3 is 5.97 Å². The first kappa shape index (κ1) is 28.8. The van der Waals surface area contributed by atoms with Gasteiger partial charge in [-0.25, -0.2) is 4.79 Å². The highest BCUT2D eigenvalue weighted by Crippen LogP contribution is 2.45. The van der Waals surface area contributed by atoms with E-state index in [1.54, 1.807) is 0 Å². The highest BCUT2D eigenvalue weighted by atomic mass is 16.7. The Kier molecular flexibility index (Phi) is 7.75. The van der Waals surface area contributed by atoms with Crippen LogP contribution in [0.4, 0.5) is 0 Å². The summed E-state index contributed by atoms with van der Waals surface area (Å²) in [6.07, 6.45) is -2.72. The van der Waals surface area contributed by atoms with E-state index in [2.05, 4.69) is 0 Å². The van der Waals surface area contributed by atoms with Gasteiger partial charge in [-0.2, -0.15) is 0 Å². The molecule has 3 aromatic rings. The van der Waals surface area contributed by atoms with Gasteiger partial charge < -0.3 is 59.8 Å². The lowest BCUT2D eigenvalue weighted by Crippen LogP contribution is -2.48. The third kappa shape index (κ3) is 5.71. The van der Waals surface area contributed by atoms with Crippen LogP contribution in [0.1, 0.15) is 22.8 Å². The summed E-state index contributed by atoms with van der Waals surface area (Å²) < 4.78 is 22.9. The maximum Gasteiger partial charge on any atom is 0.331 e. The Morgan fingerprint density at radius 1 is 0.976 bits per heavy atom. The van der Waals surface area contributed by atoms with Gasteiger partial charge in [-0.3, -0.25) is 0 Å². The molecule has 0 amide bonds. The van der Waals surface area contributed by atoms with Crippen LogP contribution in [0.2, 0.25) is 0 Å². The summed E-state index contributed by atoms with van der Waals surface area (Å²) in [6.45, 7) is -1.20. The van der Waals surface area contributed by atoms with Crippen molar-refractivity contribution in [3.8, 4) is 40.2 Å². The van der Waals surface area contributed by atoms with Gasteiger partial charge in [0.05, 0.1) is 13.2 Å². The Morgan fingerprint density at radius 2 is 1.69 bits per heavy atom. The van der Waals surface area contributed by atoms with Crippen LogP contribution >= 0.6 is 0 Å². The van der Waals surface area contributed by atoms with E-state index in [0.717, 1.165) is 6.08 Å². The number of aliphatic hydroxyl groups is 3. The highest BCUT2D eigenvalue weighted by Gasteiger charge is 2.49. The second-order valence-corrected chi connectivity index (χ2v) is 9.97. The van der Waals surface area contributed by atoms with Crippen LogP contribution in [0.15, 0.2) is 54.6 Å². The van der Waals surface area contributed by atoms with E-state index in [9.17, 15) is 45.6 Å². The number of fused-ring (bicyclic) bond motifs is 1. The molecule has 0 aliphatic carbocycles. The predicted octanol–water partition coefficient (Wildman–Crippen LogP) is 1.34. The van der Waals surface area contributed by atoms with E-state index in [4.69, 9.17) is 18.9 Å². The SMILES string of the molecule is O=C(/C=C/c1ccc(O)c(O)c1)O[C@@H]1Cc2c(OC3OCC(O)(CO)C3O)cc(O)cc2O[C@@H]1c1ccc(O)c(O)c1. The second kappa shape index (κ2) is 11.3. The van der Waals surface area contributed by atoms with E-state index in [0.29, 0.717) is 16.7 Å². The first-order chi connectivity index (χ1) is 20.0. The van der Waals surface area contributed by atoms with Gasteiger partial charge in [0.25, 0.3) is 0 Å². The van der Waals surface area contributed by atoms with Crippen LogP contribution in [0.5, 0.6) is 40.2 Å². The number of carbonyl (C=O) groups excluding carboxylic acids is 1. The Bertz CT molecular complexity index is 1520. The molecule has 5 atom stereocenters. The highest BCUT2D eigenvalue weighted by molar-refractivity contribution is 5.87. The molecule has 13 nitrogen and oxygen atoms in total. The van der Waals surface area contributed by atoms with Gasteiger partial charge in [-0.1, -0.05) is 12.1 Å². The van der Waals surface area contributed by atoms with Crippen molar-refractivity contribution >= 4 is 12.0 Å². The smallest absolute Gasteiger partial charge is 0.331 e. The van der Waals surface area contributed by atoms with Crippen molar-refractivity contribution in [1.29, 1.82) is 0 Å². The molecule has 3 unspecified atom stereocenters. The fourth-order valence-corrected chi connectivity index (χ4v) is 4.66. The number of aromatic hydroxyl groups is 5. The van der Waals surface area contributed by atoms with Gasteiger partial charge in [0.1, 0.15) is 35.1 Å². The average Bonchev–Trinajstić information content (AvgIpc) is 3.24. The number of hydrogen-bond donors (Lipinski definition) is 8. The molecular weight excluding hydrogens is 556 g/mol. The van der Waals surface area contributed by atoms with Gasteiger partial charge in [-0.05, 0) is 35.9 Å². The van der Waals surface area contributed by atoms with Gasteiger partial charge in [-0.15, -0.1) is 0 Å². The Balaban J connectivity index is 1.45. The number of hydrogen-bond acceptors (Lipinski definition) is 13. The molecule has 0 spiro atoms. The van der Waals surface area contributed by atoms with Crippen LogP contribution in [0, 0.1) is 0 Å². The predicted molar refractivity (Wildman–Crippen MR) is 142 cm³/mol. The molecule has 2 heterocycles. The first-order valence-corrected chi connectivity index (χ1v) is 12.7. The van der Waals surface area contributed by atoms with E-state index in [1.165, 1.54) is 54.6 Å². The van der Waals surface area contributed by atoms with Crippen molar-refractivity contribution in [3.63, 3.8) is 0 Å². The number of benzene rings is 3. The molecule has 8 N–H and O–H groups in total. The van der Waals surface area contributed by atoms with Crippen molar-refractivity contribution in [2.45, 2.75) is 36.6 Å². The second-order valence-electron chi connectivity index (χ2n) is 9.97. The lowest BCUT2D eigenvalue weighted by atomic mass is 9.93. The van der Waals surface area contributed by atoms with Crippen molar-refractivity contribution in [2.75, 3.05) is 13.2 Å². The first-order valence-electron chi connectivity index (χ1n) is 12.7. The molecule has 222 valence electrons. The molecule has 0 bridgehead atoms. The minimum atomic E-state index is -1.96. The van der Waals surface area contributed by atoms with E-state index in [1.807, 2.05) is 0 Å². The Hall–Kier alpha value is -4.69. The standard InChI is InChI=1S/C29H28O13/c30-12-29(38)13-39-28(27(29)37)42-23-10-16(31)9-22-17(23)11-24(26(41-22)15-3-5-19(33)21(35)8-15)40-25(36)6-2-14-1-4-18(32)20(34)7-14/h1-10,24,26-28,30-35,37-38H,11-13H2/b6-2+/t24-,26-,27?,28?,29?/m1/s1. The molecule has 0 radical (unpaired) electrons. The average molecular weight is 585 g/mol. The monoisotopic (exact) mass is 584 g/mol. The molecular formula is C29H28O13. The normalized spacial score (nSPS) is 25.1. The van der Waals surface area contributed by atoms with Crippen molar-refractivity contribution < 1.29 is 64.6 Å². The number of aliphatic hydroxyl groups excluding tert-OH is 2. The maximum absolute atomic E-state index is 12.9. The number of ether oxygens (including phenoxy) is 4. The topological polar surface area (TPSA) is 216 Å². The van der Waals surface area contributed by atoms with Crippen LogP contribution < -0.4 is 9.47 Å². The van der Waals surface area contributed by atoms with Crippen LogP contribution in [0.25, 0.3) is 6.08 Å². The largest absolute Gasteiger partial charge is 0.508 e. The third-order valence-electron chi connectivity index (χ3n) is 6.98. The molecule has 0 aromatic heterocycles. The molecule has 1 fully saturated rings. The fraction of sp³-hybridized carbons (Fsp3) is 0.276. The maximum atomic E-state index is 12.9. The Morgan fingerprint density at radius 3 is 2.36 bits per heavy atom. The van der Waals surface area contributed by atoms with Crippen molar-refractivity contribution in [3.05, 3.63) is 71.3 Å². The molecule has 42 heavy (non-hydrogen) atoms. The van der Waals surface area contributed by atoms with Gasteiger partial charge in [0.15, 0.2) is 29.1 Å². The van der Waals surface area contributed by atoms with E-state index >= 15 is 0 Å². The number of rotatable bonds is 7. The zero-order chi connectivity index (χ0) is 30.2. The zero-order valence-electron chi connectivity index (χ0n) is 21.8. The number of carbonyl (C=O) groups is 1. The summed E-state index contributed by atoms with van der Waals surface area (Å²) in [5.41, 5.74) is -0.915. The molecule has 3 aromatic carbocycles. The molecule has 1 saturated heterocycles. The Labute approximate surface area is 238 Å². The summed E-state index contributed by atoms with van der Waals surface area (Å²) in [6, 6.07) is 10.4. The molecule has 2 aliphatic rings. The molecule has 5 rings (SSSR count). The minimum Gasteiger partial charge on any atom is -0.508 e. The molecule has 0 saturated carbocycles. The van der Waals surface area contributed by atoms with Crippen molar-refractivity contribution in [2.24, 2.45) is 0 Å². The summed E-state index contributed by atoms with van der Waals surface area (Å²) in [4.78, 5) is 12.9. The third-order valence-corrected chi connectivity index (χ3v) is 6.98. The van der Waals surface area contributed by atoms with Crippen molar-refractivity contribution in [1.82, 2.24) is 0 Å². The fourth-order valence-electron chi connectivity index (χ4n) is 4.66. The number of phenols is 5. The molecule has 13 heteroatoms. The molecule has 2 aliphatic heterocycles. The quantitative estimate of drug-likeness (QED) is 0.112. The van der Waals surface area contributed by atoms with Crippen LogP contribution in [0.3, 0.4) is 0 Å². The summed E-state index contributed by atoms with van der Waals surface area (Å²) in [7, 11) is 0. The lowest BCUT2D eigenvalue weighted by Gasteiger charge is -2.34. The van der Waals surface area contributed by atoms with Crippen LogP contribution in [-0.2, 0) is 20.7 Å². The summed E-state index contributed by atoms with van der Waals surface area (Å²) in [5, 5.41) is 79.6. The van der Waals surface area contributed by atoms with E-state index in [-0.39, 0.29) is 40.9 Å². The van der Waals surface area contributed by atoms with Gasteiger partial charge in [0, 0.05) is 35.8 Å². The van der Waals surface area contributed by atoms with E-state index < -0.39 is 55.1 Å².